The molecule has 0 aliphatic heterocycles. The first kappa shape index (κ1) is 13.9. The van der Waals surface area contributed by atoms with E-state index in [9.17, 15) is 14.0 Å². The minimum atomic E-state index is -1.01. The van der Waals surface area contributed by atoms with Crippen LogP contribution in [0.25, 0.3) is 0 Å². The van der Waals surface area contributed by atoms with Gasteiger partial charge in [-0.15, -0.1) is 11.3 Å². The van der Waals surface area contributed by atoms with E-state index < -0.39 is 17.7 Å². The second kappa shape index (κ2) is 6.07. The fraction of sp³-hybridized carbons (Fsp3) is 0. The number of benzene rings is 1. The SMILES string of the molecule is O=C(N/N=C/c1ccc(C(=O)O)s1)c1ccc(F)cc1. The maximum absolute atomic E-state index is 12.7. The van der Waals surface area contributed by atoms with Gasteiger partial charge in [0.25, 0.3) is 5.91 Å². The number of hydrazone groups is 1. The maximum atomic E-state index is 12.7. The summed E-state index contributed by atoms with van der Waals surface area (Å²) in [6, 6.07) is 8.08. The normalized spacial score (nSPS) is 10.7. The van der Waals surface area contributed by atoms with Gasteiger partial charge in [0.1, 0.15) is 10.7 Å². The Morgan fingerprint density at radius 3 is 2.50 bits per heavy atom. The predicted molar refractivity (Wildman–Crippen MR) is 72.7 cm³/mol. The van der Waals surface area contributed by atoms with Crippen LogP contribution >= 0.6 is 11.3 Å². The van der Waals surface area contributed by atoms with E-state index in [-0.39, 0.29) is 10.4 Å². The molecule has 2 N–H and O–H groups in total. The zero-order chi connectivity index (χ0) is 14.5. The van der Waals surface area contributed by atoms with Crippen molar-refractivity contribution < 1.29 is 19.1 Å². The first-order valence-electron chi connectivity index (χ1n) is 5.48. The summed E-state index contributed by atoms with van der Waals surface area (Å²) in [6.45, 7) is 0. The smallest absolute Gasteiger partial charge is 0.345 e. The van der Waals surface area contributed by atoms with Crippen molar-refractivity contribution in [2.24, 2.45) is 5.10 Å². The molecule has 7 heteroatoms. The zero-order valence-electron chi connectivity index (χ0n) is 10.0. The van der Waals surface area contributed by atoms with Crippen molar-refractivity contribution in [2.45, 2.75) is 0 Å². The number of carboxylic acid groups (broad SMARTS) is 1. The molecule has 5 nitrogen and oxygen atoms in total. The summed E-state index contributed by atoms with van der Waals surface area (Å²) in [4.78, 5) is 23.1. The fourth-order valence-corrected chi connectivity index (χ4v) is 2.08. The molecule has 0 spiro atoms. The number of halogens is 1. The number of nitrogens with zero attached hydrogens (tertiary/aromatic N) is 1. The molecule has 20 heavy (non-hydrogen) atoms. The standard InChI is InChI=1S/C13H9FN2O3S/c14-9-3-1-8(2-4-9)12(17)16-15-7-10-5-6-11(20-10)13(18)19/h1-7H,(H,16,17)(H,18,19)/b15-7+. The van der Waals surface area contributed by atoms with Crippen LogP contribution < -0.4 is 5.43 Å². The number of amides is 1. The highest BCUT2D eigenvalue weighted by atomic mass is 32.1. The average molecular weight is 292 g/mol. The van der Waals surface area contributed by atoms with Crippen LogP contribution in [0.1, 0.15) is 24.9 Å². The number of nitrogens with one attached hydrogen (secondary N) is 1. The Morgan fingerprint density at radius 2 is 1.90 bits per heavy atom. The molecule has 0 saturated heterocycles. The number of aromatic carboxylic acids is 1. The summed E-state index contributed by atoms with van der Waals surface area (Å²) >= 11 is 1.04. The molecule has 1 aromatic carbocycles. The third-order valence-corrected chi connectivity index (χ3v) is 3.31. The molecular weight excluding hydrogens is 283 g/mol. The molecule has 0 unspecified atom stereocenters. The second-order valence-electron chi connectivity index (χ2n) is 3.71. The van der Waals surface area contributed by atoms with Gasteiger partial charge in [0.15, 0.2) is 0 Å². The van der Waals surface area contributed by atoms with Crippen LogP contribution in [-0.2, 0) is 0 Å². The number of carboxylic acids is 1. The predicted octanol–water partition coefficient (Wildman–Crippen LogP) is 2.35. The monoisotopic (exact) mass is 292 g/mol. The molecule has 1 heterocycles. The molecule has 0 saturated carbocycles. The summed E-state index contributed by atoms with van der Waals surface area (Å²) in [5.41, 5.74) is 2.55. The van der Waals surface area contributed by atoms with Crippen molar-refractivity contribution in [3.05, 3.63) is 57.5 Å². The largest absolute Gasteiger partial charge is 0.477 e. The minimum Gasteiger partial charge on any atom is -0.477 e. The molecule has 0 bridgehead atoms. The van der Waals surface area contributed by atoms with Crippen LogP contribution in [0.3, 0.4) is 0 Å². The maximum Gasteiger partial charge on any atom is 0.345 e. The summed E-state index contributed by atoms with van der Waals surface area (Å²) in [5, 5.41) is 12.5. The molecule has 102 valence electrons. The molecule has 0 aliphatic carbocycles. The second-order valence-corrected chi connectivity index (χ2v) is 4.83. The summed E-state index contributed by atoms with van der Waals surface area (Å²) in [7, 11) is 0. The number of thiophene rings is 1. The highest BCUT2D eigenvalue weighted by molar-refractivity contribution is 7.15. The Morgan fingerprint density at radius 1 is 1.20 bits per heavy atom. The van der Waals surface area contributed by atoms with Gasteiger partial charge in [0.2, 0.25) is 0 Å². The van der Waals surface area contributed by atoms with Crippen LogP contribution in [0.15, 0.2) is 41.5 Å². The number of hydrogen-bond donors (Lipinski definition) is 2. The number of carbonyl (C=O) groups is 2. The average Bonchev–Trinajstić information content (AvgIpc) is 2.88. The Labute approximate surface area is 117 Å². The molecule has 0 fully saturated rings. The van der Waals surface area contributed by atoms with Crippen LogP contribution in [0.2, 0.25) is 0 Å². The first-order valence-corrected chi connectivity index (χ1v) is 6.30. The van der Waals surface area contributed by atoms with Crippen molar-refractivity contribution in [1.82, 2.24) is 5.43 Å². The van der Waals surface area contributed by atoms with Crippen molar-refractivity contribution in [1.29, 1.82) is 0 Å². The van der Waals surface area contributed by atoms with Gasteiger partial charge in [-0.3, -0.25) is 4.79 Å². The number of rotatable bonds is 4. The summed E-state index contributed by atoms with van der Waals surface area (Å²) in [5.74, 6) is -1.91. The van der Waals surface area contributed by atoms with Crippen LogP contribution in [0.4, 0.5) is 4.39 Å². The van der Waals surface area contributed by atoms with E-state index in [2.05, 4.69) is 10.5 Å². The fourth-order valence-electron chi connectivity index (χ4n) is 1.36. The molecule has 2 rings (SSSR count). The number of carbonyl (C=O) groups excluding carboxylic acids is 1. The molecule has 2 aromatic rings. The summed E-state index contributed by atoms with van der Waals surface area (Å²) in [6.07, 6.45) is 1.35. The van der Waals surface area contributed by atoms with Crippen LogP contribution in [0.5, 0.6) is 0 Å². The van der Waals surface area contributed by atoms with Gasteiger partial charge >= 0.3 is 5.97 Å². The zero-order valence-corrected chi connectivity index (χ0v) is 10.9. The van der Waals surface area contributed by atoms with E-state index in [4.69, 9.17) is 5.11 Å². The lowest BCUT2D eigenvalue weighted by molar-refractivity contribution is 0.0702. The van der Waals surface area contributed by atoms with Crippen LogP contribution in [-0.4, -0.2) is 23.2 Å². The van der Waals surface area contributed by atoms with Gasteiger partial charge in [-0.25, -0.2) is 14.6 Å². The Balaban J connectivity index is 1.97. The topological polar surface area (TPSA) is 78.8 Å². The molecular formula is C13H9FN2O3S. The van der Waals surface area contributed by atoms with Gasteiger partial charge in [-0.05, 0) is 36.4 Å². The van der Waals surface area contributed by atoms with Crippen molar-refractivity contribution >= 4 is 29.4 Å². The first-order chi connectivity index (χ1) is 9.56. The molecule has 1 aromatic heterocycles. The highest BCUT2D eigenvalue weighted by Gasteiger charge is 2.06. The van der Waals surface area contributed by atoms with Crippen LogP contribution in [0, 0.1) is 5.82 Å². The van der Waals surface area contributed by atoms with Gasteiger partial charge in [0.05, 0.1) is 6.21 Å². The molecule has 0 atom stereocenters. The van der Waals surface area contributed by atoms with Gasteiger partial charge in [0, 0.05) is 10.4 Å². The summed E-state index contributed by atoms with van der Waals surface area (Å²) < 4.78 is 12.7. The Bertz CT molecular complexity index is 665. The van der Waals surface area contributed by atoms with E-state index in [1.165, 1.54) is 36.5 Å². The molecule has 0 aliphatic rings. The Hall–Kier alpha value is -2.54. The van der Waals surface area contributed by atoms with E-state index in [1.807, 2.05) is 0 Å². The molecule has 1 amide bonds. The third-order valence-electron chi connectivity index (χ3n) is 2.30. The van der Waals surface area contributed by atoms with E-state index >= 15 is 0 Å². The van der Waals surface area contributed by atoms with Gasteiger partial charge in [-0.2, -0.15) is 5.10 Å². The van der Waals surface area contributed by atoms with Gasteiger partial charge in [-0.1, -0.05) is 0 Å². The van der Waals surface area contributed by atoms with Crippen molar-refractivity contribution in [3.8, 4) is 0 Å². The lowest BCUT2D eigenvalue weighted by Gasteiger charge is -1.98. The Kier molecular flexibility index (Phi) is 4.21. The third kappa shape index (κ3) is 3.48. The lowest BCUT2D eigenvalue weighted by Crippen LogP contribution is -2.17. The number of hydrogen-bond acceptors (Lipinski definition) is 4. The van der Waals surface area contributed by atoms with E-state index in [0.717, 1.165) is 11.3 Å². The highest BCUT2D eigenvalue weighted by Crippen LogP contribution is 2.14. The van der Waals surface area contributed by atoms with E-state index in [0.29, 0.717) is 4.88 Å². The van der Waals surface area contributed by atoms with Crippen molar-refractivity contribution in [3.63, 3.8) is 0 Å². The minimum absolute atomic E-state index is 0.191. The quantitative estimate of drug-likeness (QED) is 0.670. The van der Waals surface area contributed by atoms with Gasteiger partial charge < -0.3 is 5.11 Å². The molecule has 0 radical (unpaired) electrons. The van der Waals surface area contributed by atoms with E-state index in [1.54, 1.807) is 6.07 Å². The van der Waals surface area contributed by atoms with Crippen molar-refractivity contribution in [2.75, 3.05) is 0 Å². The lowest BCUT2D eigenvalue weighted by atomic mass is 10.2.